The minimum atomic E-state index is -0.659. The third-order valence-electron chi connectivity index (χ3n) is 7.60. The molecule has 6 rings (SSSR count). The standard InChI is InChI=1S/C29H25N3O8/c1-38-25-4-2-3-19-12-22(29(35)40-27(19)25)18-5-7-21(8-6-18)39-16-26(33)30-13-17-11-20(15-30)23-9-10-24(32(36)37)28(34)31(23)14-17/h2-10,12,17,20H,11,13-16H2,1H3. The molecule has 2 aliphatic rings. The first kappa shape index (κ1) is 25.4. The van der Waals surface area contributed by atoms with Gasteiger partial charge in [-0.05, 0) is 48.2 Å². The van der Waals surface area contributed by atoms with Gasteiger partial charge in [-0.25, -0.2) is 4.79 Å². The number of benzene rings is 2. The van der Waals surface area contributed by atoms with Crippen LogP contribution in [0.4, 0.5) is 5.69 Å². The summed E-state index contributed by atoms with van der Waals surface area (Å²) in [6, 6.07) is 16.9. The van der Waals surface area contributed by atoms with Gasteiger partial charge < -0.3 is 23.4 Å². The van der Waals surface area contributed by atoms with Crippen LogP contribution in [0.15, 0.2) is 74.7 Å². The number of likely N-dealkylation sites (tertiary alicyclic amines) is 1. The van der Waals surface area contributed by atoms with Crippen LogP contribution in [0.1, 0.15) is 18.0 Å². The number of amides is 1. The molecule has 0 N–H and O–H groups in total. The summed E-state index contributed by atoms with van der Waals surface area (Å²) < 4.78 is 18.0. The molecule has 2 bridgehead atoms. The van der Waals surface area contributed by atoms with Crippen molar-refractivity contribution in [3.8, 4) is 22.6 Å². The molecule has 40 heavy (non-hydrogen) atoms. The Balaban J connectivity index is 1.13. The number of pyridine rings is 1. The fourth-order valence-corrected chi connectivity index (χ4v) is 5.72. The van der Waals surface area contributed by atoms with E-state index >= 15 is 0 Å². The minimum absolute atomic E-state index is 0.0304. The first-order chi connectivity index (χ1) is 19.3. The third kappa shape index (κ3) is 4.49. The highest BCUT2D eigenvalue weighted by molar-refractivity contribution is 5.86. The van der Waals surface area contributed by atoms with E-state index in [1.807, 2.05) is 12.1 Å². The lowest BCUT2D eigenvalue weighted by Gasteiger charge is -2.42. The van der Waals surface area contributed by atoms with Crippen molar-refractivity contribution >= 4 is 22.6 Å². The van der Waals surface area contributed by atoms with Crippen molar-refractivity contribution in [1.29, 1.82) is 0 Å². The van der Waals surface area contributed by atoms with Gasteiger partial charge in [0.1, 0.15) is 5.75 Å². The lowest BCUT2D eigenvalue weighted by Crippen LogP contribution is -2.50. The van der Waals surface area contributed by atoms with Crippen LogP contribution < -0.4 is 20.7 Å². The Morgan fingerprint density at radius 1 is 1.07 bits per heavy atom. The quantitative estimate of drug-likeness (QED) is 0.205. The SMILES string of the molecule is COc1cccc2cc(-c3ccc(OCC(=O)N4CC5CC(C4)c4ccc([N+](=O)[O-])c(=O)n4C5)cc3)c(=O)oc12. The number of nitro groups is 1. The zero-order valence-corrected chi connectivity index (χ0v) is 21.6. The van der Waals surface area contributed by atoms with Crippen molar-refractivity contribution in [1.82, 2.24) is 9.47 Å². The summed E-state index contributed by atoms with van der Waals surface area (Å²) in [6.45, 7) is 1.05. The number of fused-ring (bicyclic) bond motifs is 5. The second-order valence-electron chi connectivity index (χ2n) is 10.1. The van der Waals surface area contributed by atoms with Gasteiger partial charge in [0.15, 0.2) is 17.9 Å². The summed E-state index contributed by atoms with van der Waals surface area (Å²) in [7, 11) is 1.51. The lowest BCUT2D eigenvalue weighted by molar-refractivity contribution is -0.386. The number of piperidine rings is 1. The van der Waals surface area contributed by atoms with Gasteiger partial charge in [0, 0.05) is 42.7 Å². The van der Waals surface area contributed by atoms with Gasteiger partial charge in [0.25, 0.3) is 5.91 Å². The molecule has 0 radical (unpaired) electrons. The second kappa shape index (κ2) is 9.99. The molecule has 11 heteroatoms. The van der Waals surface area contributed by atoms with Crippen LogP contribution in [0.25, 0.3) is 22.1 Å². The molecule has 0 aliphatic carbocycles. The van der Waals surface area contributed by atoms with Crippen LogP contribution in [-0.4, -0.2) is 47.1 Å². The Morgan fingerprint density at radius 3 is 2.62 bits per heavy atom. The molecule has 2 atom stereocenters. The number of ether oxygens (including phenoxy) is 2. The van der Waals surface area contributed by atoms with Crippen molar-refractivity contribution in [2.45, 2.75) is 18.9 Å². The molecule has 1 saturated heterocycles. The van der Waals surface area contributed by atoms with E-state index in [4.69, 9.17) is 13.9 Å². The summed E-state index contributed by atoms with van der Waals surface area (Å²) in [5.74, 6) is 0.737. The number of rotatable bonds is 6. The number of para-hydroxylation sites is 1. The second-order valence-corrected chi connectivity index (χ2v) is 10.1. The predicted molar refractivity (Wildman–Crippen MR) is 145 cm³/mol. The fourth-order valence-electron chi connectivity index (χ4n) is 5.72. The van der Waals surface area contributed by atoms with Gasteiger partial charge in [0.2, 0.25) is 0 Å². The molecular formula is C29H25N3O8. The number of carbonyl (C=O) groups is 1. The topological polar surface area (TPSA) is 134 Å². The maximum absolute atomic E-state index is 13.0. The molecule has 2 aliphatic heterocycles. The number of hydrogen-bond donors (Lipinski definition) is 0. The molecule has 4 heterocycles. The van der Waals surface area contributed by atoms with Crippen molar-refractivity contribution < 1.29 is 23.6 Å². The Bertz CT molecular complexity index is 1760. The van der Waals surface area contributed by atoms with E-state index in [9.17, 15) is 24.5 Å². The fraction of sp³-hybridized carbons (Fsp3) is 0.276. The van der Waals surface area contributed by atoms with Gasteiger partial charge in [-0.2, -0.15) is 0 Å². The molecule has 1 fully saturated rings. The Morgan fingerprint density at radius 2 is 1.88 bits per heavy atom. The summed E-state index contributed by atoms with van der Waals surface area (Å²) >= 11 is 0. The van der Waals surface area contributed by atoms with Crippen LogP contribution in [0.5, 0.6) is 11.5 Å². The zero-order chi connectivity index (χ0) is 28.0. The van der Waals surface area contributed by atoms with Crippen LogP contribution >= 0.6 is 0 Å². The highest BCUT2D eigenvalue weighted by atomic mass is 16.6. The highest BCUT2D eigenvalue weighted by Crippen LogP contribution is 2.36. The number of nitrogens with zero attached hydrogens (tertiary/aromatic N) is 3. The van der Waals surface area contributed by atoms with Crippen LogP contribution in [0.3, 0.4) is 0 Å². The molecule has 204 valence electrons. The molecule has 2 aromatic carbocycles. The maximum Gasteiger partial charge on any atom is 0.344 e. The van der Waals surface area contributed by atoms with E-state index < -0.39 is 21.8 Å². The molecule has 0 saturated carbocycles. The highest BCUT2D eigenvalue weighted by Gasteiger charge is 2.37. The Hall–Kier alpha value is -4.93. The van der Waals surface area contributed by atoms with Crippen molar-refractivity contribution in [2.24, 2.45) is 5.92 Å². The van der Waals surface area contributed by atoms with E-state index in [2.05, 4.69) is 0 Å². The van der Waals surface area contributed by atoms with Gasteiger partial charge in [-0.15, -0.1) is 0 Å². The smallest absolute Gasteiger partial charge is 0.344 e. The van der Waals surface area contributed by atoms with Gasteiger partial charge >= 0.3 is 16.9 Å². The van der Waals surface area contributed by atoms with Gasteiger partial charge in [-0.3, -0.25) is 19.7 Å². The molecule has 4 aromatic rings. The predicted octanol–water partition coefficient (Wildman–Crippen LogP) is 3.56. The maximum atomic E-state index is 13.0. The largest absolute Gasteiger partial charge is 0.493 e. The molecular weight excluding hydrogens is 518 g/mol. The number of carbonyl (C=O) groups excluding carboxylic acids is 1. The zero-order valence-electron chi connectivity index (χ0n) is 21.6. The van der Waals surface area contributed by atoms with Gasteiger partial charge in [0.05, 0.1) is 17.6 Å². The van der Waals surface area contributed by atoms with Crippen molar-refractivity contribution in [2.75, 3.05) is 26.8 Å². The first-order valence-corrected chi connectivity index (χ1v) is 12.8. The van der Waals surface area contributed by atoms with Crippen LogP contribution in [-0.2, 0) is 11.3 Å². The van der Waals surface area contributed by atoms with E-state index in [0.717, 1.165) is 17.5 Å². The summed E-state index contributed by atoms with van der Waals surface area (Å²) in [6.07, 6.45) is 0.818. The average molecular weight is 544 g/mol. The monoisotopic (exact) mass is 543 g/mol. The van der Waals surface area contributed by atoms with E-state index in [1.165, 1.54) is 17.7 Å². The van der Waals surface area contributed by atoms with E-state index in [1.54, 1.807) is 47.4 Å². The molecule has 11 nitrogen and oxygen atoms in total. The number of methoxy groups -OCH3 is 1. The first-order valence-electron chi connectivity index (χ1n) is 12.8. The van der Waals surface area contributed by atoms with Crippen LogP contribution in [0.2, 0.25) is 0 Å². The molecule has 1 amide bonds. The minimum Gasteiger partial charge on any atom is -0.493 e. The Labute approximate surface area is 227 Å². The van der Waals surface area contributed by atoms with Gasteiger partial charge in [-0.1, -0.05) is 24.3 Å². The van der Waals surface area contributed by atoms with Crippen molar-refractivity contribution in [3.63, 3.8) is 0 Å². The van der Waals surface area contributed by atoms with E-state index in [-0.39, 0.29) is 24.3 Å². The summed E-state index contributed by atoms with van der Waals surface area (Å²) in [5.41, 5.74) is 0.633. The Kier molecular flexibility index (Phi) is 6.33. The lowest BCUT2D eigenvalue weighted by atomic mass is 9.83. The molecule has 0 spiro atoms. The van der Waals surface area contributed by atoms with Crippen LogP contribution in [0, 0.1) is 16.0 Å². The summed E-state index contributed by atoms with van der Waals surface area (Å²) in [4.78, 5) is 50.5. The van der Waals surface area contributed by atoms with E-state index in [0.29, 0.717) is 47.8 Å². The normalized spacial score (nSPS) is 17.8. The number of hydrogen-bond acceptors (Lipinski definition) is 8. The molecule has 2 unspecified atom stereocenters. The number of aromatic nitrogens is 1. The third-order valence-corrected chi connectivity index (χ3v) is 7.60. The molecule has 2 aromatic heterocycles. The average Bonchev–Trinajstić information content (AvgIpc) is 2.96. The summed E-state index contributed by atoms with van der Waals surface area (Å²) in [5, 5.41) is 11.9. The van der Waals surface area contributed by atoms with Crippen molar-refractivity contribution in [3.05, 3.63) is 97.2 Å².